The first-order chi connectivity index (χ1) is 15.7. The van der Waals surface area contributed by atoms with Crippen molar-refractivity contribution in [3.05, 3.63) is 59.5 Å². The van der Waals surface area contributed by atoms with E-state index in [0.29, 0.717) is 28.3 Å². The quantitative estimate of drug-likeness (QED) is 0.288. The lowest BCUT2D eigenvalue weighted by atomic mass is 10.1. The van der Waals surface area contributed by atoms with Crippen molar-refractivity contribution in [2.45, 2.75) is 24.7 Å². The van der Waals surface area contributed by atoms with E-state index in [2.05, 4.69) is 15.3 Å². The second-order valence-corrected chi connectivity index (χ2v) is 8.15. The van der Waals surface area contributed by atoms with Gasteiger partial charge in [-0.3, -0.25) is 4.79 Å². The number of fused-ring (bicyclic) bond motifs is 1. The van der Waals surface area contributed by atoms with Crippen LogP contribution in [0.5, 0.6) is 11.5 Å². The molecule has 2 aromatic carbocycles. The van der Waals surface area contributed by atoms with Crippen LogP contribution in [0.2, 0.25) is 0 Å². The van der Waals surface area contributed by atoms with Crippen molar-refractivity contribution >= 4 is 23.4 Å². The van der Waals surface area contributed by atoms with E-state index in [0.717, 1.165) is 17.8 Å². The number of thioether (sulfide) groups is 1. The topological polar surface area (TPSA) is 73.3 Å². The standard InChI is InChI=1S/C22H17F4N3O3S/c1-12-8-14(23)3-4-15(12)27-20(30)6-7-33-21-28-16(10-19(29-21)22(24,25)26)13-2-5-17-18(9-13)32-11-31-17/h2-5,8-10H,6-7,11H2,1H3,(H,27,30). The first-order valence-corrected chi connectivity index (χ1v) is 10.7. The molecule has 33 heavy (non-hydrogen) atoms. The summed E-state index contributed by atoms with van der Waals surface area (Å²) >= 11 is 0.932. The van der Waals surface area contributed by atoms with Crippen molar-refractivity contribution in [1.29, 1.82) is 0 Å². The summed E-state index contributed by atoms with van der Waals surface area (Å²) in [5.41, 5.74) is 0.430. The molecule has 0 atom stereocenters. The molecule has 3 aromatic rings. The minimum Gasteiger partial charge on any atom is -0.454 e. The highest BCUT2D eigenvalue weighted by molar-refractivity contribution is 7.99. The van der Waals surface area contributed by atoms with Gasteiger partial charge in [-0.25, -0.2) is 14.4 Å². The highest BCUT2D eigenvalue weighted by Crippen LogP contribution is 2.37. The molecule has 1 N–H and O–H groups in total. The number of anilines is 1. The lowest BCUT2D eigenvalue weighted by molar-refractivity contribution is -0.141. The molecular weight excluding hydrogens is 462 g/mol. The summed E-state index contributed by atoms with van der Waals surface area (Å²) in [5, 5.41) is 2.55. The van der Waals surface area contributed by atoms with Crippen molar-refractivity contribution in [3.63, 3.8) is 0 Å². The third kappa shape index (κ3) is 5.54. The molecule has 11 heteroatoms. The normalized spacial score (nSPS) is 12.6. The number of hydrogen-bond acceptors (Lipinski definition) is 6. The number of benzene rings is 2. The van der Waals surface area contributed by atoms with Gasteiger partial charge in [-0.2, -0.15) is 13.2 Å². The Kier molecular flexibility index (Phi) is 6.41. The van der Waals surface area contributed by atoms with E-state index in [4.69, 9.17) is 9.47 Å². The Bertz CT molecular complexity index is 1200. The zero-order valence-electron chi connectivity index (χ0n) is 17.2. The van der Waals surface area contributed by atoms with E-state index in [1.54, 1.807) is 25.1 Å². The number of alkyl halides is 3. The van der Waals surface area contributed by atoms with Gasteiger partial charge in [0.2, 0.25) is 12.7 Å². The van der Waals surface area contributed by atoms with E-state index in [-0.39, 0.29) is 35.7 Å². The van der Waals surface area contributed by atoms with Gasteiger partial charge in [0.1, 0.15) is 11.5 Å². The van der Waals surface area contributed by atoms with Gasteiger partial charge in [-0.15, -0.1) is 0 Å². The summed E-state index contributed by atoms with van der Waals surface area (Å²) in [6, 6.07) is 9.57. The van der Waals surface area contributed by atoms with Crippen LogP contribution in [0.25, 0.3) is 11.3 Å². The number of halogens is 4. The SMILES string of the molecule is Cc1cc(F)ccc1NC(=O)CCSc1nc(-c2ccc3c(c2)OCO3)cc(C(F)(F)F)n1. The second-order valence-electron chi connectivity index (χ2n) is 7.09. The second kappa shape index (κ2) is 9.26. The van der Waals surface area contributed by atoms with Crippen LogP contribution in [0.1, 0.15) is 17.7 Å². The zero-order valence-corrected chi connectivity index (χ0v) is 18.0. The minimum absolute atomic E-state index is 0.000442. The lowest BCUT2D eigenvalue weighted by Crippen LogP contribution is -2.13. The zero-order chi connectivity index (χ0) is 23.6. The van der Waals surface area contributed by atoms with Crippen LogP contribution < -0.4 is 14.8 Å². The maximum absolute atomic E-state index is 13.4. The number of rotatable bonds is 6. The summed E-state index contributed by atoms with van der Waals surface area (Å²) in [7, 11) is 0. The molecule has 0 bridgehead atoms. The highest BCUT2D eigenvalue weighted by Gasteiger charge is 2.34. The van der Waals surface area contributed by atoms with Gasteiger partial charge in [0, 0.05) is 23.4 Å². The summed E-state index contributed by atoms with van der Waals surface area (Å²) in [4.78, 5) is 20.0. The van der Waals surface area contributed by atoms with Crippen LogP contribution in [-0.2, 0) is 11.0 Å². The van der Waals surface area contributed by atoms with Gasteiger partial charge < -0.3 is 14.8 Å². The van der Waals surface area contributed by atoms with Gasteiger partial charge in [0.15, 0.2) is 16.7 Å². The minimum atomic E-state index is -4.67. The van der Waals surface area contributed by atoms with E-state index in [9.17, 15) is 22.4 Å². The molecule has 0 spiro atoms. The Balaban J connectivity index is 1.47. The fourth-order valence-corrected chi connectivity index (χ4v) is 3.85. The average molecular weight is 479 g/mol. The summed E-state index contributed by atoms with van der Waals surface area (Å²) in [6.45, 7) is 1.69. The molecule has 1 amide bonds. The number of nitrogens with one attached hydrogen (secondary N) is 1. The molecular formula is C22H17F4N3O3S. The van der Waals surface area contributed by atoms with Crippen LogP contribution in [0.3, 0.4) is 0 Å². The predicted molar refractivity (Wildman–Crippen MR) is 114 cm³/mol. The van der Waals surface area contributed by atoms with Crippen molar-refractivity contribution in [2.24, 2.45) is 0 Å². The van der Waals surface area contributed by atoms with Gasteiger partial charge in [-0.1, -0.05) is 11.8 Å². The molecule has 2 heterocycles. The monoisotopic (exact) mass is 479 g/mol. The predicted octanol–water partition coefficient (Wildman–Crippen LogP) is 5.46. The highest BCUT2D eigenvalue weighted by atomic mass is 32.2. The smallest absolute Gasteiger partial charge is 0.433 e. The molecule has 0 fully saturated rings. The largest absolute Gasteiger partial charge is 0.454 e. The molecule has 1 aliphatic heterocycles. The summed E-state index contributed by atoms with van der Waals surface area (Å²) in [6.07, 6.45) is -4.67. The van der Waals surface area contributed by atoms with Gasteiger partial charge >= 0.3 is 6.18 Å². The number of carbonyl (C=O) groups excluding carboxylic acids is 1. The number of carbonyl (C=O) groups is 1. The fraction of sp³-hybridized carbons (Fsp3) is 0.227. The molecule has 0 aliphatic carbocycles. The number of nitrogens with zero attached hydrogens (tertiary/aromatic N) is 2. The molecule has 6 nitrogen and oxygen atoms in total. The Labute approximate surface area is 190 Å². The van der Waals surface area contributed by atoms with Gasteiger partial charge in [0.25, 0.3) is 0 Å². The maximum Gasteiger partial charge on any atom is 0.433 e. The first kappa shape index (κ1) is 22.8. The number of hydrogen-bond donors (Lipinski definition) is 1. The summed E-state index contributed by atoms with van der Waals surface area (Å²) < 4.78 is 63.9. The number of aromatic nitrogens is 2. The van der Waals surface area contributed by atoms with Crippen LogP contribution in [0, 0.1) is 12.7 Å². The molecule has 0 saturated heterocycles. The van der Waals surface area contributed by atoms with E-state index in [1.807, 2.05) is 0 Å². The summed E-state index contributed by atoms with van der Waals surface area (Å²) in [5.74, 6) is 0.289. The van der Waals surface area contributed by atoms with Crippen LogP contribution >= 0.6 is 11.8 Å². The first-order valence-electron chi connectivity index (χ1n) is 9.74. The fourth-order valence-electron chi connectivity index (χ4n) is 3.05. The Morgan fingerprint density at radius 2 is 1.88 bits per heavy atom. The lowest BCUT2D eigenvalue weighted by Gasteiger charge is -2.11. The van der Waals surface area contributed by atoms with Gasteiger partial charge in [-0.05, 0) is 55.0 Å². The molecule has 0 unspecified atom stereocenters. The molecule has 0 radical (unpaired) electrons. The number of aryl methyl sites for hydroxylation is 1. The van der Waals surface area contributed by atoms with E-state index < -0.39 is 17.7 Å². The molecule has 4 rings (SSSR count). The Hall–Kier alpha value is -3.34. The van der Waals surface area contributed by atoms with Crippen molar-refractivity contribution in [2.75, 3.05) is 17.9 Å². The van der Waals surface area contributed by atoms with Gasteiger partial charge in [0.05, 0.1) is 5.69 Å². The molecule has 1 aliphatic rings. The average Bonchev–Trinajstić information content (AvgIpc) is 3.23. The third-order valence-corrected chi connectivity index (χ3v) is 5.54. The van der Waals surface area contributed by atoms with Crippen LogP contribution in [0.15, 0.2) is 47.6 Å². The maximum atomic E-state index is 13.4. The third-order valence-electron chi connectivity index (χ3n) is 4.69. The van der Waals surface area contributed by atoms with Crippen LogP contribution in [-0.4, -0.2) is 28.4 Å². The van der Waals surface area contributed by atoms with E-state index >= 15 is 0 Å². The molecule has 172 valence electrons. The molecule has 1 aromatic heterocycles. The van der Waals surface area contributed by atoms with Crippen molar-refractivity contribution in [1.82, 2.24) is 9.97 Å². The van der Waals surface area contributed by atoms with Crippen LogP contribution in [0.4, 0.5) is 23.2 Å². The number of amides is 1. The number of ether oxygens (including phenoxy) is 2. The van der Waals surface area contributed by atoms with Crippen molar-refractivity contribution < 1.29 is 31.8 Å². The Morgan fingerprint density at radius 1 is 1.09 bits per heavy atom. The Morgan fingerprint density at radius 3 is 2.64 bits per heavy atom. The van der Waals surface area contributed by atoms with E-state index in [1.165, 1.54) is 18.2 Å². The van der Waals surface area contributed by atoms with Crippen molar-refractivity contribution in [3.8, 4) is 22.8 Å². The molecule has 0 saturated carbocycles.